The van der Waals surface area contributed by atoms with Gasteiger partial charge < -0.3 is 10.1 Å². The Bertz CT molecular complexity index is 881. The molecule has 1 N–H and O–H groups in total. The van der Waals surface area contributed by atoms with Crippen LogP contribution in [0.15, 0.2) is 17.0 Å². The fourth-order valence-corrected chi connectivity index (χ4v) is 4.96. The Morgan fingerprint density at radius 3 is 2.71 bits per heavy atom. The highest BCUT2D eigenvalue weighted by atomic mass is 79.9. The summed E-state index contributed by atoms with van der Waals surface area (Å²) in [4.78, 5) is 15.9. The highest BCUT2D eigenvalue weighted by molar-refractivity contribution is 9.10. The highest BCUT2D eigenvalue weighted by Crippen LogP contribution is 2.40. The molecule has 0 spiro atoms. The molecule has 2 aromatic rings. The van der Waals surface area contributed by atoms with E-state index in [9.17, 15) is 4.39 Å². The van der Waals surface area contributed by atoms with E-state index >= 15 is 0 Å². The van der Waals surface area contributed by atoms with Gasteiger partial charge in [-0.2, -0.15) is 0 Å². The van der Waals surface area contributed by atoms with Crippen molar-refractivity contribution in [2.45, 2.75) is 44.2 Å². The number of aromatic nitrogens is 3. The average molecular weight is 448 g/mol. The average Bonchev–Trinajstić information content (AvgIpc) is 3.08. The molecule has 2 aromatic heterocycles. The van der Waals surface area contributed by atoms with Gasteiger partial charge in [-0.1, -0.05) is 0 Å². The van der Waals surface area contributed by atoms with Crippen LogP contribution in [0.5, 0.6) is 0 Å². The number of pyridine rings is 1. The standard InChI is InChI=1S/C20H23BrFN5O/c21-19-15(22)9-12-10-16-17(18(12)26-19)20(24-11-23-16)25-13-1-3-14(4-2-13)27-5-7-28-8-6-27/h9,11,13-14H,1-8,10H2,(H,23,24,25). The molecular formula is C20H23BrFN5O. The predicted molar refractivity (Wildman–Crippen MR) is 108 cm³/mol. The van der Waals surface area contributed by atoms with Crippen molar-refractivity contribution in [3.05, 3.63) is 34.1 Å². The lowest BCUT2D eigenvalue weighted by Crippen LogP contribution is -2.46. The van der Waals surface area contributed by atoms with Gasteiger partial charge in [-0.05, 0) is 53.2 Å². The fourth-order valence-electron chi connectivity index (χ4n) is 4.67. The van der Waals surface area contributed by atoms with Gasteiger partial charge in [0.1, 0.15) is 16.7 Å². The van der Waals surface area contributed by atoms with Crippen LogP contribution in [0.3, 0.4) is 0 Å². The van der Waals surface area contributed by atoms with Gasteiger partial charge in [0.2, 0.25) is 0 Å². The van der Waals surface area contributed by atoms with E-state index in [-0.39, 0.29) is 10.4 Å². The molecule has 1 saturated carbocycles. The van der Waals surface area contributed by atoms with Crippen LogP contribution in [0.2, 0.25) is 0 Å². The largest absolute Gasteiger partial charge is 0.379 e. The predicted octanol–water partition coefficient (Wildman–Crippen LogP) is 3.40. The third kappa shape index (κ3) is 3.42. The first-order valence-corrected chi connectivity index (χ1v) is 10.8. The van der Waals surface area contributed by atoms with E-state index in [1.54, 1.807) is 12.4 Å². The summed E-state index contributed by atoms with van der Waals surface area (Å²) >= 11 is 3.21. The second-order valence-electron chi connectivity index (χ2n) is 7.79. The highest BCUT2D eigenvalue weighted by Gasteiger charge is 2.30. The molecule has 0 bridgehead atoms. The first kappa shape index (κ1) is 18.4. The first-order chi connectivity index (χ1) is 13.7. The molecule has 6 nitrogen and oxygen atoms in total. The van der Waals surface area contributed by atoms with Crippen molar-refractivity contribution in [1.82, 2.24) is 19.9 Å². The smallest absolute Gasteiger partial charge is 0.156 e. The number of hydrogen-bond donors (Lipinski definition) is 1. The zero-order chi connectivity index (χ0) is 19.1. The van der Waals surface area contributed by atoms with Gasteiger partial charge >= 0.3 is 0 Å². The van der Waals surface area contributed by atoms with Gasteiger partial charge in [-0.25, -0.2) is 19.3 Å². The minimum absolute atomic E-state index is 0.236. The van der Waals surface area contributed by atoms with Crippen LogP contribution in [-0.2, 0) is 11.2 Å². The van der Waals surface area contributed by atoms with Crippen molar-refractivity contribution in [2.75, 3.05) is 31.6 Å². The lowest BCUT2D eigenvalue weighted by Gasteiger charge is -2.39. The summed E-state index contributed by atoms with van der Waals surface area (Å²) in [5, 5.41) is 3.64. The lowest BCUT2D eigenvalue weighted by molar-refractivity contribution is 0.00791. The zero-order valence-corrected chi connectivity index (χ0v) is 17.2. The van der Waals surface area contributed by atoms with Gasteiger partial charge in [0, 0.05) is 31.6 Å². The van der Waals surface area contributed by atoms with Crippen molar-refractivity contribution in [3.8, 4) is 11.3 Å². The zero-order valence-electron chi connectivity index (χ0n) is 15.6. The number of fused-ring (bicyclic) bond motifs is 3. The van der Waals surface area contributed by atoms with E-state index < -0.39 is 0 Å². The molecule has 0 unspecified atom stereocenters. The Morgan fingerprint density at radius 2 is 1.93 bits per heavy atom. The van der Waals surface area contributed by atoms with Crippen molar-refractivity contribution in [2.24, 2.45) is 0 Å². The van der Waals surface area contributed by atoms with Crippen molar-refractivity contribution in [3.63, 3.8) is 0 Å². The van der Waals surface area contributed by atoms with E-state index in [2.05, 4.69) is 41.1 Å². The molecule has 5 rings (SSSR count). The van der Waals surface area contributed by atoms with Crippen molar-refractivity contribution < 1.29 is 9.13 Å². The third-order valence-electron chi connectivity index (χ3n) is 6.13. The molecule has 0 radical (unpaired) electrons. The summed E-state index contributed by atoms with van der Waals surface area (Å²) in [6.45, 7) is 3.81. The van der Waals surface area contributed by atoms with Crippen LogP contribution in [-0.4, -0.2) is 58.2 Å². The maximum absolute atomic E-state index is 13.9. The maximum atomic E-state index is 13.9. The number of nitrogens with one attached hydrogen (secondary N) is 1. The number of halogens is 2. The van der Waals surface area contributed by atoms with Gasteiger partial charge in [0.25, 0.3) is 0 Å². The first-order valence-electron chi connectivity index (χ1n) is 9.96. The summed E-state index contributed by atoms with van der Waals surface area (Å²) in [5.41, 5.74) is 3.50. The molecule has 28 heavy (non-hydrogen) atoms. The SMILES string of the molecule is Fc1cc2c(nc1Br)-c1c(ncnc1NC1CCC(N3CCOCC3)CC1)C2. The minimum atomic E-state index is -0.338. The quantitative estimate of drug-likeness (QED) is 0.620. The molecule has 1 aliphatic heterocycles. The molecule has 2 aliphatic carbocycles. The second kappa shape index (κ2) is 7.65. The van der Waals surface area contributed by atoms with Crippen LogP contribution in [0, 0.1) is 5.82 Å². The number of ether oxygens (including phenoxy) is 1. The van der Waals surface area contributed by atoms with E-state index in [1.807, 2.05) is 0 Å². The molecule has 3 heterocycles. The second-order valence-corrected chi connectivity index (χ2v) is 8.54. The van der Waals surface area contributed by atoms with Crippen molar-refractivity contribution in [1.29, 1.82) is 0 Å². The summed E-state index contributed by atoms with van der Waals surface area (Å²) < 4.78 is 19.6. The molecule has 0 amide bonds. The van der Waals surface area contributed by atoms with Gasteiger partial charge in [0.05, 0.1) is 30.2 Å². The topological polar surface area (TPSA) is 63.2 Å². The molecule has 2 fully saturated rings. The molecule has 148 valence electrons. The molecule has 0 aromatic carbocycles. The third-order valence-corrected chi connectivity index (χ3v) is 6.69. The normalized spacial score (nSPS) is 24.6. The van der Waals surface area contributed by atoms with E-state index in [4.69, 9.17) is 4.74 Å². The molecule has 3 aliphatic rings. The Hall–Kier alpha value is -1.64. The minimum Gasteiger partial charge on any atom is -0.379 e. The number of hydrogen-bond acceptors (Lipinski definition) is 6. The summed E-state index contributed by atoms with van der Waals surface area (Å²) in [7, 11) is 0. The van der Waals surface area contributed by atoms with E-state index in [1.165, 1.54) is 12.8 Å². The van der Waals surface area contributed by atoms with E-state index in [0.717, 1.165) is 67.5 Å². The van der Waals surface area contributed by atoms with Gasteiger partial charge in [0.15, 0.2) is 5.82 Å². The lowest BCUT2D eigenvalue weighted by atomic mass is 9.90. The van der Waals surface area contributed by atoms with Crippen LogP contribution in [0.4, 0.5) is 10.2 Å². The Balaban J connectivity index is 1.31. The maximum Gasteiger partial charge on any atom is 0.156 e. The Labute approximate surface area is 172 Å². The number of morpholine rings is 1. The summed E-state index contributed by atoms with van der Waals surface area (Å²) in [6, 6.07) is 2.61. The van der Waals surface area contributed by atoms with Crippen molar-refractivity contribution >= 4 is 21.7 Å². The molecular weight excluding hydrogens is 425 g/mol. The van der Waals surface area contributed by atoms with Crippen LogP contribution in [0.25, 0.3) is 11.3 Å². The molecule has 0 atom stereocenters. The molecule has 1 saturated heterocycles. The van der Waals surface area contributed by atoms with Gasteiger partial charge in [-0.3, -0.25) is 4.90 Å². The fraction of sp³-hybridized carbons (Fsp3) is 0.550. The van der Waals surface area contributed by atoms with Gasteiger partial charge in [-0.15, -0.1) is 0 Å². The monoisotopic (exact) mass is 447 g/mol. The number of anilines is 1. The summed E-state index contributed by atoms with van der Waals surface area (Å²) in [6.07, 6.45) is 6.82. The number of nitrogens with zero attached hydrogens (tertiary/aromatic N) is 4. The van der Waals surface area contributed by atoms with E-state index in [0.29, 0.717) is 18.5 Å². The van der Waals surface area contributed by atoms with Crippen LogP contribution >= 0.6 is 15.9 Å². The van der Waals surface area contributed by atoms with Crippen LogP contribution in [0.1, 0.15) is 36.9 Å². The summed E-state index contributed by atoms with van der Waals surface area (Å²) in [5.74, 6) is 0.486. The van der Waals surface area contributed by atoms with Crippen LogP contribution < -0.4 is 5.32 Å². The Kier molecular flexibility index (Phi) is 5.02. The number of rotatable bonds is 3. The molecule has 8 heteroatoms. The Morgan fingerprint density at radius 1 is 1.14 bits per heavy atom.